The molecular formula is C28H22BrNO2. The van der Waals surface area contributed by atoms with Crippen molar-refractivity contribution in [3.63, 3.8) is 0 Å². The first-order valence-corrected chi connectivity index (χ1v) is 11.3. The third kappa shape index (κ3) is 3.66. The van der Waals surface area contributed by atoms with Crippen LogP contribution in [-0.4, -0.2) is 17.2 Å². The highest BCUT2D eigenvalue weighted by atomic mass is 79.9. The van der Waals surface area contributed by atoms with E-state index in [0.717, 1.165) is 37.3 Å². The van der Waals surface area contributed by atoms with E-state index in [1.165, 1.54) is 0 Å². The van der Waals surface area contributed by atoms with Crippen molar-refractivity contribution < 1.29 is 9.84 Å². The number of methoxy groups -OCH3 is 1. The third-order valence-electron chi connectivity index (χ3n) is 5.92. The standard InChI is InChI=1S/C28H22BrNO2/c1-32-27-25(17-21-16-22(29)14-15-26(21)30-27)28(31,18-19-8-3-2-4-9-19)24-13-7-11-20-10-5-6-12-23(20)24/h2-17,31H,18H2,1H3. The highest BCUT2D eigenvalue weighted by Crippen LogP contribution is 2.42. The Kier molecular flexibility index (Phi) is 5.41. The lowest BCUT2D eigenvalue weighted by molar-refractivity contribution is 0.0792. The summed E-state index contributed by atoms with van der Waals surface area (Å²) in [6, 6.07) is 32.1. The molecule has 32 heavy (non-hydrogen) atoms. The van der Waals surface area contributed by atoms with Gasteiger partial charge in [-0.25, -0.2) is 4.98 Å². The summed E-state index contributed by atoms with van der Waals surface area (Å²) in [6.07, 6.45) is 0.388. The Balaban J connectivity index is 1.82. The van der Waals surface area contributed by atoms with Gasteiger partial charge in [0.15, 0.2) is 0 Å². The van der Waals surface area contributed by atoms with Gasteiger partial charge in [0.25, 0.3) is 0 Å². The van der Waals surface area contributed by atoms with Gasteiger partial charge in [-0.3, -0.25) is 0 Å². The quantitative estimate of drug-likeness (QED) is 0.304. The number of rotatable bonds is 5. The zero-order valence-electron chi connectivity index (χ0n) is 17.6. The molecule has 1 unspecified atom stereocenters. The SMILES string of the molecule is COc1nc2ccc(Br)cc2cc1C(O)(Cc1ccccc1)c1cccc2ccccc12. The summed E-state index contributed by atoms with van der Waals surface area (Å²) in [5, 5.41) is 15.5. The molecule has 0 amide bonds. The lowest BCUT2D eigenvalue weighted by Gasteiger charge is -2.32. The number of aliphatic hydroxyl groups is 1. The molecule has 0 spiro atoms. The average Bonchev–Trinajstić information content (AvgIpc) is 2.83. The maximum atomic E-state index is 12.5. The molecule has 0 saturated carbocycles. The highest BCUT2D eigenvalue weighted by Gasteiger charge is 2.37. The first kappa shape index (κ1) is 20.7. The Hall–Kier alpha value is -3.21. The predicted octanol–water partition coefficient (Wildman–Crippen LogP) is 6.64. The number of ether oxygens (including phenoxy) is 1. The molecule has 0 aliphatic rings. The Bertz CT molecular complexity index is 1410. The van der Waals surface area contributed by atoms with Gasteiger partial charge in [0, 0.05) is 16.3 Å². The number of fused-ring (bicyclic) bond motifs is 2. The van der Waals surface area contributed by atoms with Crippen LogP contribution >= 0.6 is 15.9 Å². The van der Waals surface area contributed by atoms with Crippen LogP contribution in [0.5, 0.6) is 5.88 Å². The average molecular weight is 484 g/mol. The van der Waals surface area contributed by atoms with Crippen LogP contribution in [-0.2, 0) is 12.0 Å². The normalized spacial score (nSPS) is 13.2. The summed E-state index contributed by atoms with van der Waals surface area (Å²) in [5.74, 6) is 0.422. The molecule has 1 aromatic heterocycles. The summed E-state index contributed by atoms with van der Waals surface area (Å²) < 4.78 is 6.68. The molecule has 0 bridgehead atoms. The molecule has 0 fully saturated rings. The number of benzene rings is 4. The van der Waals surface area contributed by atoms with Gasteiger partial charge in [0.05, 0.1) is 18.2 Å². The fourth-order valence-electron chi connectivity index (χ4n) is 4.39. The van der Waals surface area contributed by atoms with Gasteiger partial charge in [-0.15, -0.1) is 0 Å². The molecule has 0 saturated heterocycles. The summed E-state index contributed by atoms with van der Waals surface area (Å²) in [6.45, 7) is 0. The molecule has 4 aromatic carbocycles. The van der Waals surface area contributed by atoms with Gasteiger partial charge in [0.2, 0.25) is 5.88 Å². The first-order valence-electron chi connectivity index (χ1n) is 10.5. The van der Waals surface area contributed by atoms with Crippen LogP contribution in [0, 0.1) is 0 Å². The zero-order valence-corrected chi connectivity index (χ0v) is 19.2. The largest absolute Gasteiger partial charge is 0.481 e. The van der Waals surface area contributed by atoms with Crippen molar-refractivity contribution >= 4 is 37.6 Å². The lowest BCUT2D eigenvalue weighted by Crippen LogP contribution is -2.31. The fourth-order valence-corrected chi connectivity index (χ4v) is 4.77. The van der Waals surface area contributed by atoms with Crippen molar-refractivity contribution in [3.05, 3.63) is 118 Å². The van der Waals surface area contributed by atoms with Crippen molar-refractivity contribution in [2.24, 2.45) is 0 Å². The van der Waals surface area contributed by atoms with Gasteiger partial charge >= 0.3 is 0 Å². The topological polar surface area (TPSA) is 42.4 Å². The van der Waals surface area contributed by atoms with E-state index < -0.39 is 5.60 Å². The van der Waals surface area contributed by atoms with Crippen LogP contribution in [0.2, 0.25) is 0 Å². The summed E-state index contributed by atoms with van der Waals surface area (Å²) in [7, 11) is 1.60. The van der Waals surface area contributed by atoms with E-state index in [1.807, 2.05) is 78.9 Å². The van der Waals surface area contributed by atoms with Crippen LogP contribution in [0.4, 0.5) is 0 Å². The summed E-state index contributed by atoms with van der Waals surface area (Å²) in [5.41, 5.74) is 1.96. The summed E-state index contributed by atoms with van der Waals surface area (Å²) in [4.78, 5) is 4.75. The fraction of sp³-hybridized carbons (Fsp3) is 0.107. The Morgan fingerprint density at radius 3 is 2.38 bits per heavy atom. The van der Waals surface area contributed by atoms with Gasteiger partial charge in [0.1, 0.15) is 5.60 Å². The Morgan fingerprint density at radius 1 is 0.812 bits per heavy atom. The maximum absolute atomic E-state index is 12.5. The van der Waals surface area contributed by atoms with E-state index in [9.17, 15) is 5.11 Å². The summed E-state index contributed by atoms with van der Waals surface area (Å²) >= 11 is 3.55. The lowest BCUT2D eigenvalue weighted by atomic mass is 9.79. The van der Waals surface area contributed by atoms with E-state index in [2.05, 4.69) is 34.1 Å². The van der Waals surface area contributed by atoms with E-state index in [-0.39, 0.29) is 0 Å². The van der Waals surface area contributed by atoms with Gasteiger partial charge in [-0.2, -0.15) is 0 Å². The molecular weight excluding hydrogens is 462 g/mol. The maximum Gasteiger partial charge on any atom is 0.220 e. The third-order valence-corrected chi connectivity index (χ3v) is 6.41. The minimum atomic E-state index is -1.35. The molecule has 3 nitrogen and oxygen atoms in total. The number of halogens is 1. The Morgan fingerprint density at radius 2 is 1.56 bits per heavy atom. The van der Waals surface area contributed by atoms with Crippen molar-refractivity contribution in [3.8, 4) is 5.88 Å². The molecule has 1 N–H and O–H groups in total. The van der Waals surface area contributed by atoms with Crippen molar-refractivity contribution in [1.82, 2.24) is 4.98 Å². The van der Waals surface area contributed by atoms with E-state index in [1.54, 1.807) is 7.11 Å². The van der Waals surface area contributed by atoms with E-state index >= 15 is 0 Å². The smallest absolute Gasteiger partial charge is 0.220 e. The number of nitrogens with zero attached hydrogens (tertiary/aromatic N) is 1. The number of pyridine rings is 1. The van der Waals surface area contributed by atoms with Crippen molar-refractivity contribution in [2.45, 2.75) is 12.0 Å². The first-order chi connectivity index (χ1) is 15.6. The monoisotopic (exact) mass is 483 g/mol. The van der Waals surface area contributed by atoms with E-state index in [4.69, 9.17) is 9.72 Å². The van der Waals surface area contributed by atoms with E-state index in [0.29, 0.717) is 17.9 Å². The van der Waals surface area contributed by atoms with Crippen LogP contribution in [0.1, 0.15) is 16.7 Å². The second-order valence-electron chi connectivity index (χ2n) is 7.93. The van der Waals surface area contributed by atoms with Gasteiger partial charge < -0.3 is 9.84 Å². The molecule has 5 rings (SSSR count). The molecule has 0 aliphatic heterocycles. The van der Waals surface area contributed by atoms with Gasteiger partial charge in [-0.1, -0.05) is 88.7 Å². The molecule has 1 heterocycles. The minimum Gasteiger partial charge on any atom is -0.481 e. The van der Waals surface area contributed by atoms with Crippen molar-refractivity contribution in [1.29, 1.82) is 0 Å². The van der Waals surface area contributed by atoms with Crippen molar-refractivity contribution in [2.75, 3.05) is 7.11 Å². The second-order valence-corrected chi connectivity index (χ2v) is 8.85. The van der Waals surface area contributed by atoms with Crippen LogP contribution in [0.15, 0.2) is 102 Å². The Labute approximate surface area is 195 Å². The van der Waals surface area contributed by atoms with Crippen LogP contribution < -0.4 is 4.74 Å². The molecule has 5 aromatic rings. The highest BCUT2D eigenvalue weighted by molar-refractivity contribution is 9.10. The molecule has 0 radical (unpaired) electrons. The molecule has 4 heteroatoms. The predicted molar refractivity (Wildman–Crippen MR) is 133 cm³/mol. The van der Waals surface area contributed by atoms with Gasteiger partial charge in [-0.05, 0) is 46.2 Å². The number of hydrogen-bond acceptors (Lipinski definition) is 3. The molecule has 158 valence electrons. The number of aromatic nitrogens is 1. The van der Waals surface area contributed by atoms with Crippen LogP contribution in [0.25, 0.3) is 21.7 Å². The zero-order chi connectivity index (χ0) is 22.1. The minimum absolute atomic E-state index is 0.388. The van der Waals surface area contributed by atoms with Crippen LogP contribution in [0.3, 0.4) is 0 Å². The molecule has 1 atom stereocenters. The molecule has 0 aliphatic carbocycles. The number of hydrogen-bond donors (Lipinski definition) is 1. The second kappa shape index (κ2) is 8.38.